The molecule has 5 nitrogen and oxygen atoms in total. The molecule has 0 aliphatic rings. The fourth-order valence-corrected chi connectivity index (χ4v) is 0.894. The molecule has 0 aromatic carbocycles. The van der Waals surface area contributed by atoms with Gasteiger partial charge in [0.1, 0.15) is 12.2 Å². The molecule has 0 spiro atoms. The second-order valence-corrected chi connectivity index (χ2v) is 2.68. The van der Waals surface area contributed by atoms with Crippen molar-refractivity contribution < 1.29 is 0 Å². The zero-order chi connectivity index (χ0) is 8.81. The fourth-order valence-electron chi connectivity index (χ4n) is 0.894. The van der Waals surface area contributed by atoms with E-state index in [4.69, 9.17) is 5.73 Å². The van der Waals surface area contributed by atoms with Crippen molar-refractivity contribution in [2.45, 2.75) is 13.0 Å². The van der Waals surface area contributed by atoms with Crippen LogP contribution in [0.15, 0.2) is 6.33 Å². The van der Waals surface area contributed by atoms with Crippen LogP contribution in [0.2, 0.25) is 0 Å². The van der Waals surface area contributed by atoms with Gasteiger partial charge in [-0.1, -0.05) is 0 Å². The predicted octanol–water partition coefficient (Wildman–Crippen LogP) is -0.746. The van der Waals surface area contributed by atoms with Crippen LogP contribution in [0, 0.1) is 0 Å². The third-order valence-corrected chi connectivity index (χ3v) is 1.65. The first-order chi connectivity index (χ1) is 5.84. The summed E-state index contributed by atoms with van der Waals surface area (Å²) < 4.78 is 1.90. The topological polar surface area (TPSA) is 68.8 Å². The number of aromatic nitrogens is 3. The first-order valence-electron chi connectivity index (χ1n) is 4.08. The molecule has 0 atom stereocenters. The summed E-state index contributed by atoms with van der Waals surface area (Å²) in [5, 5.41) is 10.9. The Morgan fingerprint density at radius 1 is 1.67 bits per heavy atom. The summed E-state index contributed by atoms with van der Waals surface area (Å²) in [5.41, 5.74) is 5.34. The summed E-state index contributed by atoms with van der Waals surface area (Å²) in [6.45, 7) is 2.42. The zero-order valence-electron chi connectivity index (χ0n) is 7.32. The Labute approximate surface area is 72.0 Å². The van der Waals surface area contributed by atoms with Gasteiger partial charge in [-0.05, 0) is 19.5 Å². The zero-order valence-corrected chi connectivity index (χ0v) is 7.32. The van der Waals surface area contributed by atoms with Crippen LogP contribution in [0.1, 0.15) is 12.2 Å². The van der Waals surface area contributed by atoms with E-state index in [2.05, 4.69) is 15.5 Å². The Morgan fingerprint density at radius 3 is 3.08 bits per heavy atom. The summed E-state index contributed by atoms with van der Waals surface area (Å²) in [6.07, 6.45) is 2.69. The van der Waals surface area contributed by atoms with Gasteiger partial charge in [-0.25, -0.2) is 0 Å². The lowest BCUT2D eigenvalue weighted by molar-refractivity contribution is 0.617. The molecule has 1 aromatic heterocycles. The molecular weight excluding hydrogens is 154 g/mol. The van der Waals surface area contributed by atoms with Crippen LogP contribution in [-0.2, 0) is 13.6 Å². The van der Waals surface area contributed by atoms with Crippen LogP contribution >= 0.6 is 0 Å². The van der Waals surface area contributed by atoms with Gasteiger partial charge in [0.15, 0.2) is 0 Å². The van der Waals surface area contributed by atoms with Gasteiger partial charge < -0.3 is 15.6 Å². The average molecular weight is 169 g/mol. The number of hydrogen-bond donors (Lipinski definition) is 2. The van der Waals surface area contributed by atoms with Crippen LogP contribution in [0.4, 0.5) is 0 Å². The van der Waals surface area contributed by atoms with Crippen LogP contribution in [-0.4, -0.2) is 27.9 Å². The molecule has 0 radical (unpaired) electrons. The number of nitrogens with zero attached hydrogens (tertiary/aromatic N) is 3. The van der Waals surface area contributed by atoms with Crippen LogP contribution in [0.3, 0.4) is 0 Å². The first kappa shape index (κ1) is 9.15. The van der Waals surface area contributed by atoms with E-state index in [1.165, 1.54) is 0 Å². The van der Waals surface area contributed by atoms with Crippen molar-refractivity contribution in [3.05, 3.63) is 12.2 Å². The first-order valence-corrected chi connectivity index (χ1v) is 4.08. The molecule has 0 bridgehead atoms. The molecule has 0 saturated carbocycles. The van der Waals surface area contributed by atoms with Crippen molar-refractivity contribution in [3.63, 3.8) is 0 Å². The Balaban J connectivity index is 2.20. The number of rotatable bonds is 5. The molecule has 0 saturated heterocycles. The van der Waals surface area contributed by atoms with Gasteiger partial charge in [0.25, 0.3) is 0 Å². The maximum atomic E-state index is 5.34. The number of hydrogen-bond acceptors (Lipinski definition) is 4. The Hall–Kier alpha value is -0.940. The molecule has 0 aliphatic carbocycles. The highest BCUT2D eigenvalue weighted by molar-refractivity contribution is 4.82. The molecule has 68 valence electrons. The number of aryl methyl sites for hydroxylation is 1. The summed E-state index contributed by atoms with van der Waals surface area (Å²) in [5.74, 6) is 0.951. The molecule has 12 heavy (non-hydrogen) atoms. The van der Waals surface area contributed by atoms with Crippen molar-refractivity contribution >= 4 is 0 Å². The standard InChI is InChI=1S/C7H15N5/c1-12-6-10-11-7(12)5-9-4-2-3-8/h6,9H,2-5,8H2,1H3. The van der Waals surface area contributed by atoms with E-state index < -0.39 is 0 Å². The molecule has 0 fully saturated rings. The molecule has 0 unspecified atom stereocenters. The van der Waals surface area contributed by atoms with Gasteiger partial charge in [0.2, 0.25) is 0 Å². The molecule has 1 aromatic rings. The summed E-state index contributed by atoms with van der Waals surface area (Å²) >= 11 is 0. The van der Waals surface area contributed by atoms with Crippen LogP contribution in [0.5, 0.6) is 0 Å². The maximum Gasteiger partial charge on any atom is 0.146 e. The smallest absolute Gasteiger partial charge is 0.146 e. The number of nitrogens with two attached hydrogens (primary N) is 1. The van der Waals surface area contributed by atoms with E-state index in [0.29, 0.717) is 0 Å². The van der Waals surface area contributed by atoms with Crippen molar-refractivity contribution in [3.8, 4) is 0 Å². The molecule has 1 rings (SSSR count). The van der Waals surface area contributed by atoms with Crippen molar-refractivity contribution in [2.75, 3.05) is 13.1 Å². The number of nitrogens with one attached hydrogen (secondary N) is 1. The Kier molecular flexibility index (Phi) is 3.69. The molecule has 0 aliphatic heterocycles. The summed E-state index contributed by atoms with van der Waals surface area (Å²) in [7, 11) is 1.93. The van der Waals surface area contributed by atoms with E-state index >= 15 is 0 Å². The third kappa shape index (κ3) is 2.60. The molecule has 1 heterocycles. The van der Waals surface area contributed by atoms with Crippen molar-refractivity contribution in [1.29, 1.82) is 0 Å². The minimum absolute atomic E-state index is 0.728. The summed E-state index contributed by atoms with van der Waals surface area (Å²) in [4.78, 5) is 0. The van der Waals surface area contributed by atoms with Crippen LogP contribution < -0.4 is 11.1 Å². The van der Waals surface area contributed by atoms with Gasteiger partial charge in [-0.15, -0.1) is 10.2 Å². The molecular formula is C7H15N5. The molecule has 0 amide bonds. The monoisotopic (exact) mass is 169 g/mol. The molecule has 5 heteroatoms. The second-order valence-electron chi connectivity index (χ2n) is 2.68. The Bertz CT molecular complexity index is 219. The Morgan fingerprint density at radius 2 is 2.50 bits per heavy atom. The quantitative estimate of drug-likeness (QED) is 0.569. The highest BCUT2D eigenvalue weighted by Crippen LogP contribution is 1.89. The van der Waals surface area contributed by atoms with E-state index in [-0.39, 0.29) is 0 Å². The van der Waals surface area contributed by atoms with Crippen LogP contribution in [0.25, 0.3) is 0 Å². The molecule has 3 N–H and O–H groups in total. The highest BCUT2D eigenvalue weighted by atomic mass is 15.3. The highest BCUT2D eigenvalue weighted by Gasteiger charge is 1.97. The normalized spacial score (nSPS) is 10.5. The second kappa shape index (κ2) is 4.84. The lowest BCUT2D eigenvalue weighted by Gasteiger charge is -2.01. The predicted molar refractivity (Wildman–Crippen MR) is 46.4 cm³/mol. The maximum absolute atomic E-state index is 5.34. The van der Waals surface area contributed by atoms with Crippen molar-refractivity contribution in [1.82, 2.24) is 20.1 Å². The lowest BCUT2D eigenvalue weighted by Crippen LogP contribution is -2.19. The van der Waals surface area contributed by atoms with Crippen molar-refractivity contribution in [2.24, 2.45) is 12.8 Å². The fraction of sp³-hybridized carbons (Fsp3) is 0.714. The van der Waals surface area contributed by atoms with E-state index in [1.807, 2.05) is 11.6 Å². The van der Waals surface area contributed by atoms with E-state index in [9.17, 15) is 0 Å². The summed E-state index contributed by atoms with van der Waals surface area (Å²) in [6, 6.07) is 0. The van der Waals surface area contributed by atoms with Gasteiger partial charge in [-0.2, -0.15) is 0 Å². The lowest BCUT2D eigenvalue weighted by atomic mass is 10.4. The minimum atomic E-state index is 0.728. The van der Waals surface area contributed by atoms with Gasteiger partial charge in [0.05, 0.1) is 6.54 Å². The van der Waals surface area contributed by atoms with E-state index in [1.54, 1.807) is 6.33 Å². The van der Waals surface area contributed by atoms with Gasteiger partial charge >= 0.3 is 0 Å². The minimum Gasteiger partial charge on any atom is -0.330 e. The SMILES string of the molecule is Cn1cnnc1CNCCCN. The average Bonchev–Trinajstić information content (AvgIpc) is 2.46. The third-order valence-electron chi connectivity index (χ3n) is 1.65. The van der Waals surface area contributed by atoms with E-state index in [0.717, 1.165) is 31.9 Å². The largest absolute Gasteiger partial charge is 0.330 e. The van der Waals surface area contributed by atoms with Gasteiger partial charge in [0, 0.05) is 7.05 Å². The van der Waals surface area contributed by atoms with Gasteiger partial charge in [-0.3, -0.25) is 0 Å².